The zero-order valence-corrected chi connectivity index (χ0v) is 14.9. The summed E-state index contributed by atoms with van der Waals surface area (Å²) in [7, 11) is 0. The van der Waals surface area contributed by atoms with Gasteiger partial charge < -0.3 is 5.32 Å². The highest BCUT2D eigenvalue weighted by Gasteiger charge is 2.15. The molecule has 0 spiro atoms. The summed E-state index contributed by atoms with van der Waals surface area (Å²) < 4.78 is 28.0. The minimum Gasteiger partial charge on any atom is -0.322 e. The van der Waals surface area contributed by atoms with Crippen molar-refractivity contribution >= 4 is 23.4 Å². The predicted molar refractivity (Wildman–Crippen MR) is 102 cm³/mol. The molecule has 3 aromatic carbocycles. The van der Waals surface area contributed by atoms with Crippen LogP contribution in [-0.4, -0.2) is 11.7 Å². The van der Waals surface area contributed by atoms with Crippen LogP contribution in [0.2, 0.25) is 0 Å². The molecule has 0 aliphatic carbocycles. The molecular weight excluding hydrogens is 352 g/mol. The first-order valence-electron chi connectivity index (χ1n) is 8.07. The Kier molecular flexibility index (Phi) is 5.68. The highest BCUT2D eigenvalue weighted by Crippen LogP contribution is 2.31. The molecule has 3 aromatic rings. The Balaban J connectivity index is 1.78. The fraction of sp³-hybridized carbons (Fsp3) is 0.0952. The molecule has 0 aliphatic heterocycles. The molecule has 0 unspecified atom stereocenters. The van der Waals surface area contributed by atoms with Gasteiger partial charge >= 0.3 is 0 Å². The number of anilines is 1. The predicted octanol–water partition coefficient (Wildman–Crippen LogP) is 5.67. The number of hydrogen-bond acceptors (Lipinski definition) is 2. The van der Waals surface area contributed by atoms with E-state index in [0.717, 1.165) is 16.5 Å². The maximum absolute atomic E-state index is 14.3. The van der Waals surface area contributed by atoms with E-state index in [0.29, 0.717) is 11.1 Å². The number of benzene rings is 3. The standard InChI is InChI=1S/C21H17F2NOS/c1-14-7-9-17(10-8-14)26-13-20(25)24-21-18(11-16(22)12-19(21)23)15-5-3-2-4-6-15/h2-12H,13H2,1H3,(H,24,25). The summed E-state index contributed by atoms with van der Waals surface area (Å²) in [5.74, 6) is -1.70. The van der Waals surface area contributed by atoms with E-state index in [4.69, 9.17) is 0 Å². The average molecular weight is 369 g/mol. The van der Waals surface area contributed by atoms with Gasteiger partial charge in [-0.3, -0.25) is 4.79 Å². The first-order valence-corrected chi connectivity index (χ1v) is 9.05. The summed E-state index contributed by atoms with van der Waals surface area (Å²) in [4.78, 5) is 13.2. The normalized spacial score (nSPS) is 10.6. The molecule has 0 aliphatic rings. The number of rotatable bonds is 5. The maximum atomic E-state index is 14.3. The first kappa shape index (κ1) is 18.1. The summed E-state index contributed by atoms with van der Waals surface area (Å²) in [6.45, 7) is 1.99. The monoisotopic (exact) mass is 369 g/mol. The molecule has 1 N–H and O–H groups in total. The van der Waals surface area contributed by atoms with Crippen LogP contribution in [0.25, 0.3) is 11.1 Å². The molecule has 0 bridgehead atoms. The van der Waals surface area contributed by atoms with Gasteiger partial charge in [-0.05, 0) is 30.7 Å². The summed E-state index contributed by atoms with van der Waals surface area (Å²) in [5, 5.41) is 2.58. The molecule has 0 fully saturated rings. The van der Waals surface area contributed by atoms with Crippen LogP contribution in [0.15, 0.2) is 71.6 Å². The minimum absolute atomic E-state index is 0.00731. The van der Waals surface area contributed by atoms with Crippen LogP contribution < -0.4 is 5.32 Å². The number of amides is 1. The number of hydrogen-bond donors (Lipinski definition) is 1. The van der Waals surface area contributed by atoms with Crippen molar-refractivity contribution in [3.05, 3.63) is 83.9 Å². The van der Waals surface area contributed by atoms with Crippen molar-refractivity contribution < 1.29 is 13.6 Å². The largest absolute Gasteiger partial charge is 0.322 e. The SMILES string of the molecule is Cc1ccc(SCC(=O)Nc2c(F)cc(F)cc2-c2ccccc2)cc1. The molecule has 5 heteroatoms. The van der Waals surface area contributed by atoms with Crippen LogP contribution in [0.4, 0.5) is 14.5 Å². The van der Waals surface area contributed by atoms with Crippen molar-refractivity contribution in [1.29, 1.82) is 0 Å². The Morgan fingerprint density at radius 3 is 2.38 bits per heavy atom. The molecule has 26 heavy (non-hydrogen) atoms. The van der Waals surface area contributed by atoms with E-state index in [1.807, 2.05) is 37.3 Å². The van der Waals surface area contributed by atoms with E-state index in [1.54, 1.807) is 24.3 Å². The van der Waals surface area contributed by atoms with Gasteiger partial charge in [0, 0.05) is 16.5 Å². The van der Waals surface area contributed by atoms with Gasteiger partial charge in [0.15, 0.2) is 0 Å². The second kappa shape index (κ2) is 8.15. The van der Waals surface area contributed by atoms with E-state index >= 15 is 0 Å². The van der Waals surface area contributed by atoms with Crippen molar-refractivity contribution in [3.63, 3.8) is 0 Å². The molecule has 132 valence electrons. The van der Waals surface area contributed by atoms with Crippen LogP contribution in [0.1, 0.15) is 5.56 Å². The molecule has 1 amide bonds. The van der Waals surface area contributed by atoms with E-state index in [9.17, 15) is 13.6 Å². The van der Waals surface area contributed by atoms with E-state index in [2.05, 4.69) is 5.32 Å². The van der Waals surface area contributed by atoms with Crippen LogP contribution in [0.5, 0.6) is 0 Å². The highest BCUT2D eigenvalue weighted by molar-refractivity contribution is 8.00. The Labute approximate surface area is 155 Å². The molecular formula is C21H17F2NOS. The van der Waals surface area contributed by atoms with Crippen molar-refractivity contribution in [3.8, 4) is 11.1 Å². The summed E-state index contributed by atoms with van der Waals surface area (Å²) in [5.41, 5.74) is 2.08. The van der Waals surface area contributed by atoms with Crippen molar-refractivity contribution in [2.24, 2.45) is 0 Å². The van der Waals surface area contributed by atoms with Gasteiger partial charge in [-0.15, -0.1) is 11.8 Å². The molecule has 0 radical (unpaired) electrons. The molecule has 0 aromatic heterocycles. The molecule has 0 atom stereocenters. The van der Waals surface area contributed by atoms with Crippen molar-refractivity contribution in [2.75, 3.05) is 11.1 Å². The lowest BCUT2D eigenvalue weighted by Crippen LogP contribution is -2.16. The van der Waals surface area contributed by atoms with Crippen LogP contribution in [-0.2, 0) is 4.79 Å². The Hall–Kier alpha value is -2.66. The van der Waals surface area contributed by atoms with Gasteiger partial charge in [0.05, 0.1) is 11.4 Å². The molecule has 0 heterocycles. The number of halogens is 2. The molecule has 0 saturated heterocycles. The van der Waals surface area contributed by atoms with E-state index in [1.165, 1.54) is 17.8 Å². The zero-order chi connectivity index (χ0) is 18.5. The summed E-state index contributed by atoms with van der Waals surface area (Å²) in [6, 6.07) is 18.6. The minimum atomic E-state index is -0.794. The number of thioether (sulfide) groups is 1. The van der Waals surface area contributed by atoms with Gasteiger partial charge in [0.2, 0.25) is 5.91 Å². The van der Waals surface area contributed by atoms with Gasteiger partial charge in [-0.25, -0.2) is 8.78 Å². The summed E-state index contributed by atoms with van der Waals surface area (Å²) >= 11 is 1.36. The lowest BCUT2D eigenvalue weighted by atomic mass is 10.0. The second-order valence-electron chi connectivity index (χ2n) is 5.83. The van der Waals surface area contributed by atoms with Crippen LogP contribution in [0, 0.1) is 18.6 Å². The third-order valence-electron chi connectivity index (χ3n) is 3.80. The van der Waals surface area contributed by atoms with Gasteiger partial charge in [-0.2, -0.15) is 0 Å². The van der Waals surface area contributed by atoms with Crippen molar-refractivity contribution in [2.45, 2.75) is 11.8 Å². The summed E-state index contributed by atoms with van der Waals surface area (Å²) in [6.07, 6.45) is 0. The highest BCUT2D eigenvalue weighted by atomic mass is 32.2. The number of aryl methyl sites for hydroxylation is 1. The lowest BCUT2D eigenvalue weighted by molar-refractivity contribution is -0.113. The zero-order valence-electron chi connectivity index (χ0n) is 14.1. The Bertz CT molecular complexity index is 911. The Morgan fingerprint density at radius 1 is 1.00 bits per heavy atom. The van der Waals surface area contributed by atoms with Gasteiger partial charge in [0.1, 0.15) is 11.6 Å². The molecule has 2 nitrogen and oxygen atoms in total. The van der Waals surface area contributed by atoms with Crippen LogP contribution in [0.3, 0.4) is 0 Å². The van der Waals surface area contributed by atoms with Gasteiger partial charge in [-0.1, -0.05) is 48.0 Å². The smallest absolute Gasteiger partial charge is 0.234 e. The number of carbonyl (C=O) groups is 1. The third kappa shape index (κ3) is 4.49. The second-order valence-corrected chi connectivity index (χ2v) is 6.87. The van der Waals surface area contributed by atoms with Gasteiger partial charge in [0.25, 0.3) is 0 Å². The fourth-order valence-corrected chi connectivity index (χ4v) is 3.20. The number of carbonyl (C=O) groups excluding carboxylic acids is 1. The number of nitrogens with one attached hydrogen (secondary N) is 1. The molecule has 3 rings (SSSR count). The van der Waals surface area contributed by atoms with E-state index < -0.39 is 11.6 Å². The maximum Gasteiger partial charge on any atom is 0.234 e. The third-order valence-corrected chi connectivity index (χ3v) is 4.81. The Morgan fingerprint density at radius 2 is 1.69 bits per heavy atom. The van der Waals surface area contributed by atoms with Crippen LogP contribution >= 0.6 is 11.8 Å². The average Bonchev–Trinajstić information content (AvgIpc) is 2.64. The molecule has 0 saturated carbocycles. The lowest BCUT2D eigenvalue weighted by Gasteiger charge is -2.13. The topological polar surface area (TPSA) is 29.1 Å². The van der Waals surface area contributed by atoms with Crippen molar-refractivity contribution in [1.82, 2.24) is 0 Å². The quantitative estimate of drug-likeness (QED) is 0.587. The van der Waals surface area contributed by atoms with E-state index in [-0.39, 0.29) is 17.3 Å². The fourth-order valence-electron chi connectivity index (χ4n) is 2.50. The first-order chi connectivity index (χ1) is 12.5.